The van der Waals surface area contributed by atoms with Crippen molar-refractivity contribution >= 4 is 22.9 Å². The molecule has 2 N–H and O–H groups in total. The predicted molar refractivity (Wildman–Crippen MR) is 68.8 cm³/mol. The van der Waals surface area contributed by atoms with Gasteiger partial charge in [0, 0.05) is 12.2 Å². The van der Waals surface area contributed by atoms with Crippen molar-refractivity contribution in [3.05, 3.63) is 51.4 Å². The summed E-state index contributed by atoms with van der Waals surface area (Å²) in [5.41, 5.74) is 8.30. The fourth-order valence-electron chi connectivity index (χ4n) is 1.51. The quantitative estimate of drug-likeness (QED) is 0.906. The lowest BCUT2D eigenvalue weighted by atomic mass is 10.1. The SMILES string of the molecule is NC(CCc1ccsc1)c1ccc(Cl)cn1. The van der Waals surface area contributed by atoms with E-state index in [0.717, 1.165) is 18.5 Å². The minimum atomic E-state index is -0.0165. The first-order chi connectivity index (χ1) is 7.75. The number of thiophene rings is 1. The lowest BCUT2D eigenvalue weighted by Gasteiger charge is -2.10. The molecule has 2 aromatic heterocycles. The number of hydrogen-bond donors (Lipinski definition) is 1. The summed E-state index contributed by atoms with van der Waals surface area (Å²) < 4.78 is 0. The zero-order valence-electron chi connectivity index (χ0n) is 8.77. The van der Waals surface area contributed by atoms with Crippen LogP contribution < -0.4 is 5.73 Å². The fourth-order valence-corrected chi connectivity index (χ4v) is 2.33. The largest absolute Gasteiger partial charge is 0.323 e. The second-order valence-electron chi connectivity index (χ2n) is 3.68. The van der Waals surface area contributed by atoms with Crippen LogP contribution in [0.3, 0.4) is 0 Å². The molecule has 0 aliphatic rings. The van der Waals surface area contributed by atoms with Crippen LogP contribution in [0.4, 0.5) is 0 Å². The molecule has 2 rings (SSSR count). The molecule has 4 heteroatoms. The molecule has 2 heterocycles. The highest BCUT2D eigenvalue weighted by molar-refractivity contribution is 7.07. The molecule has 0 saturated heterocycles. The maximum atomic E-state index is 6.06. The van der Waals surface area contributed by atoms with Gasteiger partial charge in [-0.25, -0.2) is 0 Å². The zero-order chi connectivity index (χ0) is 11.4. The van der Waals surface area contributed by atoms with Gasteiger partial charge in [-0.05, 0) is 47.4 Å². The Labute approximate surface area is 104 Å². The van der Waals surface area contributed by atoms with E-state index in [-0.39, 0.29) is 6.04 Å². The summed E-state index contributed by atoms with van der Waals surface area (Å²) >= 11 is 7.49. The van der Waals surface area contributed by atoms with Crippen LogP contribution in [-0.2, 0) is 6.42 Å². The van der Waals surface area contributed by atoms with Crippen molar-refractivity contribution in [2.24, 2.45) is 5.73 Å². The third kappa shape index (κ3) is 3.04. The molecule has 84 valence electrons. The Balaban J connectivity index is 1.93. The van der Waals surface area contributed by atoms with E-state index in [9.17, 15) is 0 Å². The number of pyridine rings is 1. The number of halogens is 1. The van der Waals surface area contributed by atoms with Gasteiger partial charge in [0.15, 0.2) is 0 Å². The Morgan fingerprint density at radius 2 is 2.25 bits per heavy atom. The van der Waals surface area contributed by atoms with E-state index >= 15 is 0 Å². The molecule has 0 spiro atoms. The predicted octanol–water partition coefficient (Wildman–Crippen LogP) is 3.43. The summed E-state index contributed by atoms with van der Waals surface area (Å²) in [4.78, 5) is 4.22. The third-order valence-corrected chi connectivity index (χ3v) is 3.41. The Morgan fingerprint density at radius 1 is 1.38 bits per heavy atom. The summed E-state index contributed by atoms with van der Waals surface area (Å²) in [6.45, 7) is 0. The number of rotatable bonds is 4. The van der Waals surface area contributed by atoms with Crippen molar-refractivity contribution in [2.45, 2.75) is 18.9 Å². The standard InChI is InChI=1S/C12H13ClN2S/c13-10-2-4-12(15-7-10)11(14)3-1-9-5-6-16-8-9/h2,4-8,11H,1,3,14H2. The van der Waals surface area contributed by atoms with Gasteiger partial charge in [0.05, 0.1) is 10.7 Å². The van der Waals surface area contributed by atoms with Gasteiger partial charge in [-0.2, -0.15) is 11.3 Å². The van der Waals surface area contributed by atoms with Crippen LogP contribution in [0.1, 0.15) is 23.7 Å². The topological polar surface area (TPSA) is 38.9 Å². The normalized spacial score (nSPS) is 12.6. The van der Waals surface area contributed by atoms with E-state index in [2.05, 4.69) is 21.8 Å². The Kier molecular flexibility index (Phi) is 3.93. The Hall–Kier alpha value is -0.900. The second kappa shape index (κ2) is 5.43. The highest BCUT2D eigenvalue weighted by Gasteiger charge is 2.07. The first kappa shape index (κ1) is 11.6. The first-order valence-corrected chi connectivity index (χ1v) is 6.46. The van der Waals surface area contributed by atoms with Crippen molar-refractivity contribution in [2.75, 3.05) is 0 Å². The molecular formula is C12H13ClN2S. The van der Waals surface area contributed by atoms with Crippen molar-refractivity contribution in [3.63, 3.8) is 0 Å². The maximum absolute atomic E-state index is 6.06. The van der Waals surface area contributed by atoms with Gasteiger partial charge < -0.3 is 5.73 Å². The second-order valence-corrected chi connectivity index (χ2v) is 4.89. The van der Waals surface area contributed by atoms with Crippen LogP contribution >= 0.6 is 22.9 Å². The number of aryl methyl sites for hydroxylation is 1. The molecule has 2 nitrogen and oxygen atoms in total. The third-order valence-electron chi connectivity index (χ3n) is 2.45. The Morgan fingerprint density at radius 3 is 2.88 bits per heavy atom. The van der Waals surface area contributed by atoms with Crippen LogP contribution in [0.2, 0.25) is 5.02 Å². The fraction of sp³-hybridized carbons (Fsp3) is 0.250. The van der Waals surface area contributed by atoms with Gasteiger partial charge in [0.1, 0.15) is 0 Å². The molecule has 0 aliphatic heterocycles. The molecule has 0 aromatic carbocycles. The number of aromatic nitrogens is 1. The zero-order valence-corrected chi connectivity index (χ0v) is 10.3. The van der Waals surface area contributed by atoms with Gasteiger partial charge in [-0.3, -0.25) is 4.98 Å². The summed E-state index contributed by atoms with van der Waals surface area (Å²) in [5.74, 6) is 0. The summed E-state index contributed by atoms with van der Waals surface area (Å²) in [6.07, 6.45) is 3.54. The van der Waals surface area contributed by atoms with E-state index in [1.54, 1.807) is 17.5 Å². The van der Waals surface area contributed by atoms with Crippen LogP contribution in [0.15, 0.2) is 35.2 Å². The molecule has 0 radical (unpaired) electrons. The van der Waals surface area contributed by atoms with Crippen LogP contribution in [-0.4, -0.2) is 4.98 Å². The minimum absolute atomic E-state index is 0.0165. The van der Waals surface area contributed by atoms with Crippen molar-refractivity contribution in [1.82, 2.24) is 4.98 Å². The molecule has 1 atom stereocenters. The number of nitrogens with two attached hydrogens (primary N) is 1. The van der Waals surface area contributed by atoms with Crippen molar-refractivity contribution in [3.8, 4) is 0 Å². The molecule has 0 aliphatic carbocycles. The van der Waals surface area contributed by atoms with Gasteiger partial charge in [0.2, 0.25) is 0 Å². The van der Waals surface area contributed by atoms with E-state index in [1.807, 2.05) is 12.1 Å². The summed E-state index contributed by atoms with van der Waals surface area (Å²) in [6, 6.07) is 5.83. The van der Waals surface area contributed by atoms with Crippen molar-refractivity contribution < 1.29 is 0 Å². The van der Waals surface area contributed by atoms with Gasteiger partial charge in [0.25, 0.3) is 0 Å². The minimum Gasteiger partial charge on any atom is -0.323 e. The first-order valence-electron chi connectivity index (χ1n) is 5.14. The highest BCUT2D eigenvalue weighted by Crippen LogP contribution is 2.17. The summed E-state index contributed by atoms with van der Waals surface area (Å²) in [5, 5.41) is 4.89. The van der Waals surface area contributed by atoms with E-state index in [4.69, 9.17) is 17.3 Å². The van der Waals surface area contributed by atoms with E-state index in [1.165, 1.54) is 5.56 Å². The molecular weight excluding hydrogens is 240 g/mol. The maximum Gasteiger partial charge on any atom is 0.0589 e. The highest BCUT2D eigenvalue weighted by atomic mass is 35.5. The lowest BCUT2D eigenvalue weighted by molar-refractivity contribution is 0.634. The lowest BCUT2D eigenvalue weighted by Crippen LogP contribution is -2.12. The van der Waals surface area contributed by atoms with E-state index in [0.29, 0.717) is 5.02 Å². The average molecular weight is 253 g/mol. The molecule has 0 amide bonds. The molecule has 0 fully saturated rings. The number of hydrogen-bond acceptors (Lipinski definition) is 3. The van der Waals surface area contributed by atoms with Crippen LogP contribution in [0.25, 0.3) is 0 Å². The van der Waals surface area contributed by atoms with Crippen LogP contribution in [0, 0.1) is 0 Å². The van der Waals surface area contributed by atoms with Gasteiger partial charge >= 0.3 is 0 Å². The monoisotopic (exact) mass is 252 g/mol. The molecule has 1 unspecified atom stereocenters. The van der Waals surface area contributed by atoms with Crippen LogP contribution in [0.5, 0.6) is 0 Å². The molecule has 0 saturated carbocycles. The molecule has 16 heavy (non-hydrogen) atoms. The van der Waals surface area contributed by atoms with E-state index < -0.39 is 0 Å². The Bertz CT molecular complexity index is 425. The average Bonchev–Trinajstić information content (AvgIpc) is 2.80. The van der Waals surface area contributed by atoms with Crippen molar-refractivity contribution in [1.29, 1.82) is 0 Å². The van der Waals surface area contributed by atoms with Gasteiger partial charge in [-0.1, -0.05) is 11.6 Å². The summed E-state index contributed by atoms with van der Waals surface area (Å²) in [7, 11) is 0. The smallest absolute Gasteiger partial charge is 0.0589 e. The molecule has 0 bridgehead atoms. The number of nitrogens with zero attached hydrogens (tertiary/aromatic N) is 1. The van der Waals surface area contributed by atoms with Gasteiger partial charge in [-0.15, -0.1) is 0 Å². The molecule has 2 aromatic rings.